The molecule has 0 aromatic carbocycles. The summed E-state index contributed by atoms with van der Waals surface area (Å²) in [5.74, 6) is -1.21. The number of carboxylic acids is 2. The van der Waals surface area contributed by atoms with Crippen molar-refractivity contribution in [1.29, 1.82) is 0 Å². The van der Waals surface area contributed by atoms with Gasteiger partial charge in [-0.2, -0.15) is 0 Å². The molecule has 5 rings (SSSR count). The molecule has 0 heterocycles. The minimum atomic E-state index is -0.862. The second kappa shape index (κ2) is 7.36. The Morgan fingerprint density at radius 3 is 2.06 bits per heavy atom. The molecule has 0 unspecified atom stereocenters. The Balaban J connectivity index is 1.62. The van der Waals surface area contributed by atoms with Gasteiger partial charge in [0.1, 0.15) is 0 Å². The zero-order valence-electron chi connectivity index (χ0n) is 22.6. The minimum Gasteiger partial charge on any atom is -0.481 e. The molecule has 0 aliphatic heterocycles. The number of aliphatic hydroxyl groups excluding tert-OH is 1. The van der Waals surface area contributed by atoms with Crippen LogP contribution in [0, 0.1) is 62.6 Å². The monoisotopic (exact) mass is 486 g/mol. The SMILES string of the molecule is C=C(C)[C@@H]1CC[C@]2(C(=O)O)CC[C@]3(C)[C@H](CC[C@@H]4[C@@]5(C)[C@H](C(=O)O)[C@@H](O)C(C)(C)[C@@H]5CC[C@]43C)[C@@H]12. The fraction of sp³-hybridized carbons (Fsp3) is 0.867. The van der Waals surface area contributed by atoms with E-state index in [-0.39, 0.29) is 34.5 Å². The van der Waals surface area contributed by atoms with E-state index in [9.17, 15) is 24.9 Å². The van der Waals surface area contributed by atoms with Gasteiger partial charge in [0.15, 0.2) is 0 Å². The molecule has 0 spiro atoms. The van der Waals surface area contributed by atoms with Crippen LogP contribution in [-0.2, 0) is 9.59 Å². The van der Waals surface area contributed by atoms with Crippen molar-refractivity contribution < 1.29 is 24.9 Å². The van der Waals surface area contributed by atoms with Gasteiger partial charge >= 0.3 is 11.9 Å². The Morgan fingerprint density at radius 1 is 0.829 bits per heavy atom. The first kappa shape index (κ1) is 25.3. The number of allylic oxidation sites excluding steroid dienone is 1. The zero-order chi connectivity index (χ0) is 25.9. The van der Waals surface area contributed by atoms with Crippen LogP contribution in [-0.4, -0.2) is 33.4 Å². The van der Waals surface area contributed by atoms with Crippen molar-refractivity contribution >= 4 is 11.9 Å². The summed E-state index contributed by atoms with van der Waals surface area (Å²) in [6, 6.07) is 0. The predicted molar refractivity (Wildman–Crippen MR) is 135 cm³/mol. The molecule has 0 aromatic heterocycles. The Morgan fingerprint density at radius 2 is 1.49 bits per heavy atom. The minimum absolute atomic E-state index is 0.0493. The van der Waals surface area contributed by atoms with Crippen LogP contribution in [0.3, 0.4) is 0 Å². The van der Waals surface area contributed by atoms with Gasteiger partial charge in [-0.3, -0.25) is 9.59 Å². The summed E-state index contributed by atoms with van der Waals surface area (Å²) in [5.41, 5.74) is -0.558. The van der Waals surface area contributed by atoms with Gasteiger partial charge < -0.3 is 15.3 Å². The lowest BCUT2D eigenvalue weighted by atomic mass is 9.34. The molecule has 5 heteroatoms. The lowest BCUT2D eigenvalue weighted by Crippen LogP contribution is -2.65. The predicted octanol–water partition coefficient (Wildman–Crippen LogP) is 6.01. The number of aliphatic carboxylic acids is 2. The fourth-order valence-electron chi connectivity index (χ4n) is 11.8. The van der Waals surface area contributed by atoms with Crippen LogP contribution in [0.25, 0.3) is 0 Å². The van der Waals surface area contributed by atoms with Gasteiger partial charge in [0, 0.05) is 0 Å². The normalized spacial score (nSPS) is 54.2. The molecule has 5 saturated carbocycles. The maximum absolute atomic E-state index is 12.8. The molecule has 0 saturated heterocycles. The second-order valence-electron chi connectivity index (χ2n) is 14.6. The number of hydrogen-bond donors (Lipinski definition) is 3. The first-order valence-electron chi connectivity index (χ1n) is 13.9. The van der Waals surface area contributed by atoms with Gasteiger partial charge in [0.2, 0.25) is 0 Å². The third-order valence-electron chi connectivity index (χ3n) is 13.6. The van der Waals surface area contributed by atoms with Crippen molar-refractivity contribution in [3.63, 3.8) is 0 Å². The molecule has 35 heavy (non-hydrogen) atoms. The van der Waals surface area contributed by atoms with Crippen molar-refractivity contribution in [2.45, 2.75) is 99.0 Å². The van der Waals surface area contributed by atoms with E-state index in [0.29, 0.717) is 12.3 Å². The quantitative estimate of drug-likeness (QED) is 0.425. The fourth-order valence-corrected chi connectivity index (χ4v) is 11.8. The number of hydrogen-bond acceptors (Lipinski definition) is 3. The summed E-state index contributed by atoms with van der Waals surface area (Å²) >= 11 is 0. The van der Waals surface area contributed by atoms with Crippen molar-refractivity contribution in [2.75, 3.05) is 0 Å². The van der Waals surface area contributed by atoms with E-state index in [1.165, 1.54) is 0 Å². The highest BCUT2D eigenvalue weighted by Gasteiger charge is 2.75. The van der Waals surface area contributed by atoms with Crippen molar-refractivity contribution in [3.8, 4) is 0 Å². The molecular formula is C30H46O5. The van der Waals surface area contributed by atoms with Crippen molar-refractivity contribution in [1.82, 2.24) is 0 Å². The molecule has 3 N–H and O–H groups in total. The van der Waals surface area contributed by atoms with E-state index in [1.54, 1.807) is 0 Å². The summed E-state index contributed by atoms with van der Waals surface area (Å²) in [6.07, 6.45) is 6.24. The molecule has 0 bridgehead atoms. The lowest BCUT2D eigenvalue weighted by molar-refractivity contribution is -0.228. The van der Waals surface area contributed by atoms with Crippen LogP contribution < -0.4 is 0 Å². The lowest BCUT2D eigenvalue weighted by Gasteiger charge is -2.70. The Kier molecular flexibility index (Phi) is 5.32. The van der Waals surface area contributed by atoms with E-state index < -0.39 is 40.2 Å². The van der Waals surface area contributed by atoms with E-state index in [1.807, 2.05) is 0 Å². The van der Waals surface area contributed by atoms with E-state index in [4.69, 9.17) is 0 Å². The van der Waals surface area contributed by atoms with Crippen LogP contribution in [0.4, 0.5) is 0 Å². The number of rotatable bonds is 3. The third kappa shape index (κ3) is 2.75. The molecular weight excluding hydrogens is 440 g/mol. The first-order chi connectivity index (χ1) is 16.1. The maximum atomic E-state index is 12.8. The third-order valence-corrected chi connectivity index (χ3v) is 13.6. The first-order valence-corrected chi connectivity index (χ1v) is 13.9. The molecule has 0 aromatic rings. The van der Waals surface area contributed by atoms with Crippen LogP contribution in [0.5, 0.6) is 0 Å². The van der Waals surface area contributed by atoms with Crippen LogP contribution in [0.15, 0.2) is 12.2 Å². The molecule has 5 aliphatic rings. The number of carboxylic acid groups (broad SMARTS) is 2. The smallest absolute Gasteiger partial charge is 0.309 e. The van der Waals surface area contributed by atoms with Gasteiger partial charge in [-0.05, 0) is 110 Å². The molecule has 5 fully saturated rings. The topological polar surface area (TPSA) is 94.8 Å². The molecule has 196 valence electrons. The Hall–Kier alpha value is -1.36. The van der Waals surface area contributed by atoms with E-state index >= 15 is 0 Å². The molecule has 0 radical (unpaired) electrons. The summed E-state index contributed by atoms with van der Waals surface area (Å²) in [4.78, 5) is 25.4. The standard InChI is InChI=1S/C30H46O5/c1-16(2)17-10-13-30(25(34)35)15-14-27(5)18(21(17)30)8-9-20-28(27,6)12-11-19-26(3,4)23(31)22(24(32)33)29(19,20)7/h17-23,31H,1,8-15H2,2-7H3,(H,32,33)(H,34,35)/t17-,18+,19-,20-,21+,22-,23+,27+,28+,29-,30-/m0/s1. The molecule has 0 amide bonds. The van der Waals surface area contributed by atoms with Crippen LogP contribution in [0.2, 0.25) is 0 Å². The number of fused-ring (bicyclic) bond motifs is 7. The highest BCUT2D eigenvalue weighted by atomic mass is 16.4. The Labute approximate surface area is 210 Å². The van der Waals surface area contributed by atoms with Gasteiger partial charge in [0.25, 0.3) is 0 Å². The second-order valence-corrected chi connectivity index (χ2v) is 14.6. The molecule has 5 nitrogen and oxygen atoms in total. The van der Waals surface area contributed by atoms with Crippen LogP contribution in [0.1, 0.15) is 92.9 Å². The summed E-state index contributed by atoms with van der Waals surface area (Å²) < 4.78 is 0. The van der Waals surface area contributed by atoms with E-state index in [2.05, 4.69) is 48.1 Å². The summed E-state index contributed by atoms with van der Waals surface area (Å²) in [6.45, 7) is 17.5. The molecule has 5 aliphatic carbocycles. The largest absolute Gasteiger partial charge is 0.481 e. The van der Waals surface area contributed by atoms with Gasteiger partial charge in [-0.25, -0.2) is 0 Å². The Bertz CT molecular complexity index is 970. The average molecular weight is 487 g/mol. The summed E-state index contributed by atoms with van der Waals surface area (Å²) in [7, 11) is 0. The zero-order valence-corrected chi connectivity index (χ0v) is 22.6. The highest BCUT2D eigenvalue weighted by Crippen LogP contribution is 2.79. The van der Waals surface area contributed by atoms with E-state index in [0.717, 1.165) is 50.5 Å². The van der Waals surface area contributed by atoms with Crippen LogP contribution >= 0.6 is 0 Å². The molecule has 11 atom stereocenters. The number of carbonyl (C=O) groups is 2. The number of aliphatic hydroxyl groups is 1. The average Bonchev–Trinajstić information content (AvgIpc) is 3.21. The van der Waals surface area contributed by atoms with Gasteiger partial charge in [0.05, 0.1) is 17.4 Å². The highest BCUT2D eigenvalue weighted by molar-refractivity contribution is 5.76. The van der Waals surface area contributed by atoms with Crippen molar-refractivity contribution in [2.24, 2.45) is 62.6 Å². The van der Waals surface area contributed by atoms with Gasteiger partial charge in [-0.15, -0.1) is 0 Å². The summed E-state index contributed by atoms with van der Waals surface area (Å²) in [5, 5.41) is 32.2. The maximum Gasteiger partial charge on any atom is 0.309 e. The van der Waals surface area contributed by atoms with Gasteiger partial charge in [-0.1, -0.05) is 46.8 Å². The van der Waals surface area contributed by atoms with Crippen molar-refractivity contribution in [3.05, 3.63) is 12.2 Å².